The summed E-state index contributed by atoms with van der Waals surface area (Å²) in [5.74, 6) is 1.32. The number of benzene rings is 1. The van der Waals surface area contributed by atoms with E-state index in [0.717, 1.165) is 11.3 Å². The Balaban J connectivity index is 2.36. The Morgan fingerprint density at radius 1 is 1.24 bits per heavy atom. The predicted molar refractivity (Wildman–Crippen MR) is 83.7 cm³/mol. The summed E-state index contributed by atoms with van der Waals surface area (Å²) in [7, 11) is 3.19. The van der Waals surface area contributed by atoms with E-state index in [4.69, 9.17) is 9.47 Å². The van der Waals surface area contributed by atoms with E-state index in [1.165, 1.54) is 11.8 Å². The van der Waals surface area contributed by atoms with Gasteiger partial charge in [0.05, 0.1) is 14.2 Å². The van der Waals surface area contributed by atoms with Crippen LogP contribution in [-0.2, 0) is 6.42 Å². The van der Waals surface area contributed by atoms with Gasteiger partial charge in [-0.2, -0.15) is 0 Å². The molecule has 2 aromatic rings. The fourth-order valence-corrected chi connectivity index (χ4v) is 2.51. The van der Waals surface area contributed by atoms with Crippen molar-refractivity contribution < 1.29 is 9.47 Å². The van der Waals surface area contributed by atoms with Gasteiger partial charge in [0, 0.05) is 17.7 Å². The van der Waals surface area contributed by atoms with Crippen LogP contribution in [0.4, 0.5) is 0 Å². The first-order chi connectivity index (χ1) is 10.1. The monoisotopic (exact) mass is 306 g/mol. The van der Waals surface area contributed by atoms with Gasteiger partial charge in [-0.3, -0.25) is 4.79 Å². The molecule has 0 bridgehead atoms. The van der Waals surface area contributed by atoms with Crippen LogP contribution in [0.5, 0.6) is 11.5 Å². The van der Waals surface area contributed by atoms with Crippen molar-refractivity contribution in [2.75, 3.05) is 20.5 Å². The number of hydrogen-bond acceptors (Lipinski definition) is 5. The number of H-pyrrole nitrogens is 1. The molecule has 0 atom stereocenters. The molecular formula is C15H18N2O3S. The normalized spacial score (nSPS) is 10.5. The van der Waals surface area contributed by atoms with E-state index in [1.54, 1.807) is 14.2 Å². The molecule has 21 heavy (non-hydrogen) atoms. The van der Waals surface area contributed by atoms with Crippen molar-refractivity contribution in [2.45, 2.75) is 18.5 Å². The molecule has 0 saturated carbocycles. The molecule has 0 saturated heterocycles. The van der Waals surface area contributed by atoms with E-state index >= 15 is 0 Å². The number of hydrogen-bond donors (Lipinski definition) is 1. The zero-order valence-corrected chi connectivity index (χ0v) is 13.3. The Hall–Kier alpha value is -1.95. The highest BCUT2D eigenvalue weighted by Gasteiger charge is 2.11. The summed E-state index contributed by atoms with van der Waals surface area (Å²) in [4.78, 5) is 19.3. The molecule has 0 aliphatic carbocycles. The molecule has 0 unspecified atom stereocenters. The first-order valence-corrected chi connectivity index (χ1v) is 7.66. The topological polar surface area (TPSA) is 64.2 Å². The number of aromatic amines is 1. The van der Waals surface area contributed by atoms with E-state index in [9.17, 15) is 4.79 Å². The Bertz CT molecular complexity index is 698. The maximum atomic E-state index is 12.1. The summed E-state index contributed by atoms with van der Waals surface area (Å²) in [5, 5.41) is 0.633. The molecule has 112 valence electrons. The second-order valence-corrected chi connectivity index (χ2v) is 5.30. The largest absolute Gasteiger partial charge is 0.493 e. The predicted octanol–water partition coefficient (Wildman–Crippen LogP) is 2.41. The van der Waals surface area contributed by atoms with Crippen LogP contribution in [0.25, 0.3) is 0 Å². The number of thioether (sulfide) groups is 1. The second-order valence-electron chi connectivity index (χ2n) is 4.51. The van der Waals surface area contributed by atoms with Gasteiger partial charge in [0.25, 0.3) is 5.56 Å². The third kappa shape index (κ3) is 3.39. The SMILES string of the molecule is COc1ccc(Cc2c(C)nc(SC)[nH]c2=O)cc1OC. The zero-order valence-electron chi connectivity index (χ0n) is 12.5. The fourth-order valence-electron chi connectivity index (χ4n) is 2.08. The van der Waals surface area contributed by atoms with Crippen molar-refractivity contribution in [2.24, 2.45) is 0 Å². The molecule has 6 heteroatoms. The molecule has 0 spiro atoms. The fraction of sp³-hybridized carbons (Fsp3) is 0.333. The van der Waals surface area contributed by atoms with Gasteiger partial charge >= 0.3 is 0 Å². The molecule has 1 N–H and O–H groups in total. The summed E-state index contributed by atoms with van der Waals surface area (Å²) in [6.45, 7) is 1.85. The van der Waals surface area contributed by atoms with Crippen molar-refractivity contribution in [3.05, 3.63) is 45.4 Å². The van der Waals surface area contributed by atoms with Gasteiger partial charge in [-0.15, -0.1) is 0 Å². The van der Waals surface area contributed by atoms with Crippen molar-refractivity contribution in [1.29, 1.82) is 0 Å². The highest BCUT2D eigenvalue weighted by molar-refractivity contribution is 7.98. The lowest BCUT2D eigenvalue weighted by atomic mass is 10.0. The third-order valence-electron chi connectivity index (χ3n) is 3.22. The van der Waals surface area contributed by atoms with Crippen LogP contribution < -0.4 is 15.0 Å². The van der Waals surface area contributed by atoms with Crippen LogP contribution in [0.2, 0.25) is 0 Å². The Kier molecular flexibility index (Phi) is 4.90. The van der Waals surface area contributed by atoms with Gasteiger partial charge in [-0.05, 0) is 30.9 Å². The van der Waals surface area contributed by atoms with Gasteiger partial charge < -0.3 is 14.5 Å². The van der Waals surface area contributed by atoms with Crippen molar-refractivity contribution in [3.8, 4) is 11.5 Å². The molecule has 5 nitrogen and oxygen atoms in total. The molecule has 0 fully saturated rings. The van der Waals surface area contributed by atoms with Crippen LogP contribution >= 0.6 is 11.8 Å². The molecule has 2 rings (SSSR count). The lowest BCUT2D eigenvalue weighted by Crippen LogP contribution is -2.17. The third-order valence-corrected chi connectivity index (χ3v) is 3.80. The highest BCUT2D eigenvalue weighted by Crippen LogP contribution is 2.28. The molecule has 0 aliphatic rings. The summed E-state index contributed by atoms with van der Waals surface area (Å²) < 4.78 is 10.5. The van der Waals surface area contributed by atoms with Crippen LogP contribution in [0.3, 0.4) is 0 Å². The standard InChI is InChI=1S/C15H18N2O3S/c1-9-11(14(18)17-15(16-9)21-4)7-10-5-6-12(19-2)13(8-10)20-3/h5-6,8H,7H2,1-4H3,(H,16,17,18). The molecule has 1 aromatic heterocycles. The quantitative estimate of drug-likeness (QED) is 0.679. The first-order valence-electron chi connectivity index (χ1n) is 6.43. The molecule has 1 aromatic carbocycles. The minimum Gasteiger partial charge on any atom is -0.493 e. The van der Waals surface area contributed by atoms with Crippen LogP contribution in [0, 0.1) is 6.92 Å². The average molecular weight is 306 g/mol. The highest BCUT2D eigenvalue weighted by atomic mass is 32.2. The smallest absolute Gasteiger partial charge is 0.255 e. The summed E-state index contributed by atoms with van der Waals surface area (Å²) in [6, 6.07) is 5.63. The number of methoxy groups -OCH3 is 2. The molecule has 0 radical (unpaired) electrons. The van der Waals surface area contributed by atoms with E-state index in [1.807, 2.05) is 31.4 Å². The van der Waals surface area contributed by atoms with Crippen LogP contribution in [0.1, 0.15) is 16.8 Å². The van der Waals surface area contributed by atoms with Gasteiger partial charge in [0.1, 0.15) is 0 Å². The number of nitrogens with one attached hydrogen (secondary N) is 1. The summed E-state index contributed by atoms with van der Waals surface area (Å²) in [5.41, 5.74) is 2.29. The van der Waals surface area contributed by atoms with Crippen LogP contribution in [0.15, 0.2) is 28.2 Å². The minimum atomic E-state index is -0.0957. The molecule has 0 aliphatic heterocycles. The molecule has 1 heterocycles. The van der Waals surface area contributed by atoms with E-state index in [-0.39, 0.29) is 5.56 Å². The van der Waals surface area contributed by atoms with Crippen molar-refractivity contribution in [3.63, 3.8) is 0 Å². The Morgan fingerprint density at radius 2 is 1.95 bits per heavy atom. The summed E-state index contributed by atoms with van der Waals surface area (Å²) >= 11 is 1.42. The number of aromatic nitrogens is 2. The minimum absolute atomic E-state index is 0.0957. The number of rotatable bonds is 5. The van der Waals surface area contributed by atoms with Gasteiger partial charge in [0.15, 0.2) is 16.7 Å². The number of ether oxygens (including phenoxy) is 2. The van der Waals surface area contributed by atoms with Gasteiger partial charge in [0.2, 0.25) is 0 Å². The van der Waals surface area contributed by atoms with Crippen molar-refractivity contribution >= 4 is 11.8 Å². The maximum Gasteiger partial charge on any atom is 0.255 e. The molecule has 0 amide bonds. The zero-order chi connectivity index (χ0) is 15.4. The number of nitrogens with zero attached hydrogens (tertiary/aromatic N) is 1. The van der Waals surface area contributed by atoms with Crippen LogP contribution in [-0.4, -0.2) is 30.4 Å². The van der Waals surface area contributed by atoms with Gasteiger partial charge in [-0.25, -0.2) is 4.98 Å². The maximum absolute atomic E-state index is 12.1. The molecular weight excluding hydrogens is 288 g/mol. The Labute approximate surface area is 127 Å². The van der Waals surface area contributed by atoms with E-state index < -0.39 is 0 Å². The lowest BCUT2D eigenvalue weighted by molar-refractivity contribution is 0.354. The lowest BCUT2D eigenvalue weighted by Gasteiger charge is -2.10. The summed E-state index contributed by atoms with van der Waals surface area (Å²) in [6.07, 6.45) is 2.38. The van der Waals surface area contributed by atoms with E-state index in [2.05, 4.69) is 9.97 Å². The second kappa shape index (κ2) is 6.67. The van der Waals surface area contributed by atoms with Crippen molar-refractivity contribution in [1.82, 2.24) is 9.97 Å². The van der Waals surface area contributed by atoms with Gasteiger partial charge in [-0.1, -0.05) is 17.8 Å². The first kappa shape index (κ1) is 15.4. The number of aryl methyl sites for hydroxylation is 1. The average Bonchev–Trinajstić information content (AvgIpc) is 2.50. The Morgan fingerprint density at radius 3 is 2.52 bits per heavy atom. The van der Waals surface area contributed by atoms with E-state index in [0.29, 0.717) is 28.6 Å².